The van der Waals surface area contributed by atoms with E-state index in [2.05, 4.69) is 19.9 Å². The number of carboxylic acid groups (broad SMARTS) is 1. The summed E-state index contributed by atoms with van der Waals surface area (Å²) in [4.78, 5) is 27.9. The van der Waals surface area contributed by atoms with Crippen molar-refractivity contribution in [1.82, 2.24) is 4.90 Å². The Morgan fingerprint density at radius 3 is 2.68 bits per heavy atom. The molecule has 5 heteroatoms. The summed E-state index contributed by atoms with van der Waals surface area (Å²) >= 11 is 1.80. The molecule has 0 spiro atoms. The molecule has 1 saturated heterocycles. The minimum Gasteiger partial charge on any atom is -0.481 e. The van der Waals surface area contributed by atoms with Crippen molar-refractivity contribution in [2.45, 2.75) is 58.9 Å². The average molecular weight is 323 g/mol. The van der Waals surface area contributed by atoms with E-state index in [9.17, 15) is 9.59 Å². The summed E-state index contributed by atoms with van der Waals surface area (Å²) in [6.45, 7) is 6.61. The van der Waals surface area contributed by atoms with Gasteiger partial charge in [-0.25, -0.2) is 0 Å². The lowest BCUT2D eigenvalue weighted by Gasteiger charge is -2.36. The quantitative estimate of drug-likeness (QED) is 0.903. The fourth-order valence-corrected chi connectivity index (χ4v) is 4.14. The van der Waals surface area contributed by atoms with Gasteiger partial charge in [-0.15, -0.1) is 11.3 Å². The van der Waals surface area contributed by atoms with Crippen LogP contribution in [0.1, 0.15) is 47.9 Å². The number of carboxylic acids is 1. The van der Waals surface area contributed by atoms with Gasteiger partial charge in [-0.1, -0.05) is 0 Å². The third kappa shape index (κ3) is 4.09. The molecule has 1 aromatic rings. The van der Waals surface area contributed by atoms with E-state index in [0.717, 1.165) is 19.3 Å². The Hall–Kier alpha value is -1.36. The Kier molecular flexibility index (Phi) is 5.62. The summed E-state index contributed by atoms with van der Waals surface area (Å²) in [5.74, 6) is -1.08. The molecule has 0 radical (unpaired) electrons. The number of likely N-dealkylation sites (tertiary alicyclic amines) is 1. The number of hydrogen-bond donors (Lipinski definition) is 1. The van der Waals surface area contributed by atoms with Gasteiger partial charge in [0.2, 0.25) is 5.91 Å². The van der Waals surface area contributed by atoms with Gasteiger partial charge < -0.3 is 10.0 Å². The van der Waals surface area contributed by atoms with E-state index in [1.165, 1.54) is 15.3 Å². The summed E-state index contributed by atoms with van der Waals surface area (Å²) < 4.78 is 0. The van der Waals surface area contributed by atoms with Gasteiger partial charge in [0.05, 0.1) is 5.92 Å². The zero-order chi connectivity index (χ0) is 16.3. The van der Waals surface area contributed by atoms with Crippen LogP contribution in [-0.2, 0) is 16.0 Å². The Labute approximate surface area is 136 Å². The summed E-state index contributed by atoms with van der Waals surface area (Å²) in [5, 5.41) is 9.14. The summed E-state index contributed by atoms with van der Waals surface area (Å²) in [6.07, 6.45) is 3.72. The second kappa shape index (κ2) is 7.27. The number of carbonyl (C=O) groups excluding carboxylic acids is 1. The number of carbonyl (C=O) groups is 2. The maximum atomic E-state index is 12.4. The van der Waals surface area contributed by atoms with Gasteiger partial charge >= 0.3 is 5.97 Å². The summed E-state index contributed by atoms with van der Waals surface area (Å²) in [5.41, 5.74) is 1.34. The van der Waals surface area contributed by atoms with Crippen molar-refractivity contribution in [2.24, 2.45) is 5.92 Å². The molecule has 0 aliphatic carbocycles. The highest BCUT2D eigenvalue weighted by Gasteiger charge is 2.32. The Balaban J connectivity index is 1.85. The van der Waals surface area contributed by atoms with E-state index >= 15 is 0 Å². The van der Waals surface area contributed by atoms with Crippen LogP contribution < -0.4 is 0 Å². The van der Waals surface area contributed by atoms with Crippen molar-refractivity contribution >= 4 is 23.2 Å². The van der Waals surface area contributed by atoms with Crippen molar-refractivity contribution in [3.8, 4) is 0 Å². The number of aliphatic carboxylic acids is 1. The molecule has 1 fully saturated rings. The van der Waals surface area contributed by atoms with E-state index in [4.69, 9.17) is 5.11 Å². The molecule has 2 unspecified atom stereocenters. The van der Waals surface area contributed by atoms with Crippen LogP contribution in [-0.4, -0.2) is 34.5 Å². The van der Waals surface area contributed by atoms with Crippen molar-refractivity contribution in [3.63, 3.8) is 0 Å². The molecule has 2 rings (SSSR count). The lowest BCUT2D eigenvalue weighted by Crippen LogP contribution is -2.47. The van der Waals surface area contributed by atoms with Crippen molar-refractivity contribution in [3.05, 3.63) is 21.4 Å². The standard InChI is InChI=1S/C17H25NO3S/c1-11-7-8-15(17(20)21)10-18(11)16(19)6-4-5-14-9-12(2)22-13(14)3/h9,11,15H,4-8,10H2,1-3H3,(H,20,21). The Bertz CT molecular complexity index is 552. The van der Waals surface area contributed by atoms with Gasteiger partial charge in [-0.3, -0.25) is 9.59 Å². The molecule has 1 N–H and O–H groups in total. The normalized spacial score (nSPS) is 21.9. The lowest BCUT2D eigenvalue weighted by atomic mass is 9.93. The third-order valence-corrected chi connectivity index (χ3v) is 5.54. The van der Waals surface area contributed by atoms with Crippen LogP contribution in [0, 0.1) is 19.8 Å². The number of amides is 1. The number of thiophene rings is 1. The smallest absolute Gasteiger partial charge is 0.308 e. The second-order valence-electron chi connectivity index (χ2n) is 6.30. The first-order chi connectivity index (χ1) is 10.4. The van der Waals surface area contributed by atoms with Gasteiger partial charge in [0, 0.05) is 28.8 Å². The molecular formula is C17H25NO3S. The molecule has 1 aromatic heterocycles. The molecule has 122 valence electrons. The summed E-state index contributed by atoms with van der Waals surface area (Å²) in [7, 11) is 0. The van der Waals surface area contributed by atoms with Crippen molar-refractivity contribution in [1.29, 1.82) is 0 Å². The summed E-state index contributed by atoms with van der Waals surface area (Å²) in [6, 6.07) is 2.36. The molecule has 0 saturated carbocycles. The molecule has 2 heterocycles. The lowest BCUT2D eigenvalue weighted by molar-refractivity contribution is -0.147. The largest absolute Gasteiger partial charge is 0.481 e. The second-order valence-corrected chi connectivity index (χ2v) is 7.76. The maximum Gasteiger partial charge on any atom is 0.308 e. The topological polar surface area (TPSA) is 57.6 Å². The molecule has 1 amide bonds. The van der Waals surface area contributed by atoms with Crippen LogP contribution >= 0.6 is 11.3 Å². The van der Waals surface area contributed by atoms with Crippen LogP contribution in [0.4, 0.5) is 0 Å². The zero-order valence-electron chi connectivity index (χ0n) is 13.6. The fraction of sp³-hybridized carbons (Fsp3) is 0.647. The predicted molar refractivity (Wildman–Crippen MR) is 88.3 cm³/mol. The molecule has 22 heavy (non-hydrogen) atoms. The van der Waals surface area contributed by atoms with Gasteiger partial charge in [-0.2, -0.15) is 0 Å². The number of nitrogens with zero attached hydrogens (tertiary/aromatic N) is 1. The highest BCUT2D eigenvalue weighted by atomic mass is 32.1. The minimum absolute atomic E-state index is 0.100. The first-order valence-corrected chi connectivity index (χ1v) is 8.78. The molecular weight excluding hydrogens is 298 g/mol. The zero-order valence-corrected chi connectivity index (χ0v) is 14.4. The number of rotatable bonds is 5. The van der Waals surface area contributed by atoms with Crippen molar-refractivity contribution < 1.29 is 14.7 Å². The molecule has 1 aliphatic heterocycles. The fourth-order valence-electron chi connectivity index (χ4n) is 3.16. The third-order valence-electron chi connectivity index (χ3n) is 4.53. The number of aryl methyl sites for hydroxylation is 3. The van der Waals surface area contributed by atoms with Crippen molar-refractivity contribution in [2.75, 3.05) is 6.54 Å². The van der Waals surface area contributed by atoms with E-state index < -0.39 is 11.9 Å². The van der Waals surface area contributed by atoms with E-state index in [1.807, 2.05) is 6.92 Å². The number of hydrogen-bond acceptors (Lipinski definition) is 3. The molecule has 4 nitrogen and oxygen atoms in total. The predicted octanol–water partition coefficient (Wildman–Crippen LogP) is 3.40. The van der Waals surface area contributed by atoms with E-state index in [-0.39, 0.29) is 11.9 Å². The molecule has 0 aromatic carbocycles. The first-order valence-electron chi connectivity index (χ1n) is 7.96. The van der Waals surface area contributed by atoms with E-state index in [0.29, 0.717) is 19.4 Å². The van der Waals surface area contributed by atoms with Crippen LogP contribution in [0.2, 0.25) is 0 Å². The molecule has 0 bridgehead atoms. The number of piperidine rings is 1. The van der Waals surface area contributed by atoms with Gasteiger partial charge in [0.25, 0.3) is 0 Å². The van der Waals surface area contributed by atoms with Gasteiger partial charge in [0.1, 0.15) is 0 Å². The Morgan fingerprint density at radius 2 is 2.09 bits per heavy atom. The van der Waals surface area contributed by atoms with Gasteiger partial charge in [0.15, 0.2) is 0 Å². The molecule has 2 atom stereocenters. The van der Waals surface area contributed by atoms with Crippen LogP contribution in [0.25, 0.3) is 0 Å². The van der Waals surface area contributed by atoms with E-state index in [1.54, 1.807) is 16.2 Å². The molecule has 1 aliphatic rings. The maximum absolute atomic E-state index is 12.4. The monoisotopic (exact) mass is 323 g/mol. The minimum atomic E-state index is -0.783. The highest BCUT2D eigenvalue weighted by molar-refractivity contribution is 7.12. The van der Waals surface area contributed by atoms with Gasteiger partial charge in [-0.05, 0) is 58.1 Å². The first kappa shape index (κ1) is 17.0. The average Bonchev–Trinajstić information content (AvgIpc) is 2.77. The van der Waals surface area contributed by atoms with Crippen LogP contribution in [0.3, 0.4) is 0 Å². The SMILES string of the molecule is Cc1cc(CCCC(=O)N2CC(C(=O)O)CCC2C)c(C)s1. The van der Waals surface area contributed by atoms with Crippen LogP contribution in [0.5, 0.6) is 0 Å². The van der Waals surface area contributed by atoms with Crippen LogP contribution in [0.15, 0.2) is 6.07 Å². The Morgan fingerprint density at radius 1 is 1.36 bits per heavy atom. The highest BCUT2D eigenvalue weighted by Crippen LogP contribution is 2.25.